The van der Waals surface area contributed by atoms with Gasteiger partial charge in [-0.2, -0.15) is 5.26 Å². The first-order valence-electron chi connectivity index (χ1n) is 9.92. The molecule has 3 aromatic rings. The highest BCUT2D eigenvalue weighted by Crippen LogP contribution is 2.38. The van der Waals surface area contributed by atoms with Crippen molar-refractivity contribution in [3.63, 3.8) is 0 Å². The van der Waals surface area contributed by atoms with Gasteiger partial charge < -0.3 is 14.8 Å². The molecule has 1 amide bonds. The Morgan fingerprint density at radius 3 is 2.45 bits per heavy atom. The summed E-state index contributed by atoms with van der Waals surface area (Å²) in [5.74, 6) is 0.248. The van der Waals surface area contributed by atoms with Crippen molar-refractivity contribution in [2.45, 2.75) is 6.92 Å². The van der Waals surface area contributed by atoms with Crippen LogP contribution in [0.25, 0.3) is 11.6 Å². The number of rotatable bonds is 8. The normalized spacial score (nSPS) is 10.9. The van der Waals surface area contributed by atoms with E-state index in [0.29, 0.717) is 44.8 Å². The lowest BCUT2D eigenvalue weighted by molar-refractivity contribution is -0.118. The molecule has 0 aromatic heterocycles. The van der Waals surface area contributed by atoms with Crippen molar-refractivity contribution in [1.29, 1.82) is 5.26 Å². The molecule has 0 unspecified atom stereocenters. The minimum Gasteiger partial charge on any atom is -0.490 e. The Hall–Kier alpha value is -3.17. The first-order chi connectivity index (χ1) is 15.9. The van der Waals surface area contributed by atoms with Crippen LogP contribution in [0.5, 0.6) is 11.5 Å². The van der Waals surface area contributed by atoms with Gasteiger partial charge >= 0.3 is 0 Å². The summed E-state index contributed by atoms with van der Waals surface area (Å²) >= 11 is 18.6. The predicted molar refractivity (Wildman–Crippen MR) is 133 cm³/mol. The highest BCUT2D eigenvalue weighted by molar-refractivity contribution is 6.36. The summed E-state index contributed by atoms with van der Waals surface area (Å²) in [6, 6.07) is 19.4. The second-order valence-electron chi connectivity index (χ2n) is 6.76. The molecule has 0 heterocycles. The molecule has 33 heavy (non-hydrogen) atoms. The highest BCUT2D eigenvalue weighted by atomic mass is 35.5. The van der Waals surface area contributed by atoms with E-state index >= 15 is 0 Å². The Balaban J connectivity index is 1.85. The largest absolute Gasteiger partial charge is 0.490 e. The number of benzene rings is 3. The second-order valence-corrected chi connectivity index (χ2v) is 8.01. The summed E-state index contributed by atoms with van der Waals surface area (Å²) in [7, 11) is 0. The average molecular weight is 502 g/mol. The van der Waals surface area contributed by atoms with Gasteiger partial charge in [-0.15, -0.1) is 0 Å². The summed E-state index contributed by atoms with van der Waals surface area (Å²) in [5, 5.41) is 13.5. The van der Waals surface area contributed by atoms with Crippen LogP contribution in [0.1, 0.15) is 18.1 Å². The van der Waals surface area contributed by atoms with E-state index in [9.17, 15) is 10.1 Å². The zero-order valence-corrected chi connectivity index (χ0v) is 19.8. The number of amides is 1. The topological polar surface area (TPSA) is 71.3 Å². The monoisotopic (exact) mass is 500 g/mol. The van der Waals surface area contributed by atoms with Crippen molar-refractivity contribution in [3.8, 4) is 17.6 Å². The lowest BCUT2D eigenvalue weighted by atomic mass is 10.0. The van der Waals surface area contributed by atoms with Crippen LogP contribution in [0.2, 0.25) is 15.1 Å². The van der Waals surface area contributed by atoms with Crippen LogP contribution in [-0.2, 0) is 4.79 Å². The molecular formula is C25H19Cl3N2O3. The molecule has 0 saturated carbocycles. The van der Waals surface area contributed by atoms with Gasteiger partial charge in [-0.25, -0.2) is 0 Å². The van der Waals surface area contributed by atoms with E-state index in [1.807, 2.05) is 25.1 Å². The second kappa shape index (κ2) is 11.6. The number of carbonyl (C=O) groups excluding carboxylic acids is 1. The fourth-order valence-electron chi connectivity index (χ4n) is 2.98. The summed E-state index contributed by atoms with van der Waals surface area (Å²) in [4.78, 5) is 12.2. The molecule has 0 aliphatic carbocycles. The van der Waals surface area contributed by atoms with Gasteiger partial charge in [0, 0.05) is 16.3 Å². The van der Waals surface area contributed by atoms with Crippen molar-refractivity contribution in [2.24, 2.45) is 0 Å². The Kier molecular flexibility index (Phi) is 8.62. The van der Waals surface area contributed by atoms with Crippen LogP contribution in [-0.4, -0.2) is 19.1 Å². The first kappa shape index (κ1) is 24.5. The van der Waals surface area contributed by atoms with E-state index in [0.717, 1.165) is 0 Å². The van der Waals surface area contributed by atoms with Crippen LogP contribution in [0.4, 0.5) is 5.69 Å². The van der Waals surface area contributed by atoms with Gasteiger partial charge in [0.25, 0.3) is 5.91 Å². The third kappa shape index (κ3) is 6.66. The third-order valence-corrected chi connectivity index (χ3v) is 5.22. The highest BCUT2D eigenvalue weighted by Gasteiger charge is 2.15. The van der Waals surface area contributed by atoms with Gasteiger partial charge in [0.1, 0.15) is 0 Å². The number of hydrogen-bond acceptors (Lipinski definition) is 4. The molecule has 8 heteroatoms. The number of nitriles is 1. The molecule has 5 nitrogen and oxygen atoms in total. The Labute approximate surface area is 207 Å². The molecule has 1 N–H and O–H groups in total. The molecule has 0 aliphatic heterocycles. The lowest BCUT2D eigenvalue weighted by Crippen LogP contribution is -2.20. The van der Waals surface area contributed by atoms with E-state index in [4.69, 9.17) is 44.3 Å². The predicted octanol–water partition coefficient (Wildman–Crippen LogP) is 7.13. The zero-order valence-electron chi connectivity index (χ0n) is 17.6. The molecule has 0 fully saturated rings. The number of anilines is 1. The minimum absolute atomic E-state index is 0.235. The van der Waals surface area contributed by atoms with Crippen molar-refractivity contribution in [1.82, 2.24) is 0 Å². The maximum atomic E-state index is 12.2. The quantitative estimate of drug-likeness (QED) is 0.263. The van der Waals surface area contributed by atoms with E-state index < -0.39 is 0 Å². The summed E-state index contributed by atoms with van der Waals surface area (Å²) < 4.78 is 11.3. The van der Waals surface area contributed by atoms with E-state index in [1.54, 1.807) is 48.5 Å². The maximum Gasteiger partial charge on any atom is 0.262 e. The average Bonchev–Trinajstić information content (AvgIpc) is 2.78. The number of carbonyl (C=O) groups is 1. The molecule has 3 aromatic carbocycles. The zero-order chi connectivity index (χ0) is 23.8. The number of para-hydroxylation sites is 1. The van der Waals surface area contributed by atoms with Crippen molar-refractivity contribution < 1.29 is 14.3 Å². The smallest absolute Gasteiger partial charge is 0.262 e. The fraction of sp³-hybridized carbons (Fsp3) is 0.120. The van der Waals surface area contributed by atoms with Gasteiger partial charge in [0.15, 0.2) is 18.1 Å². The van der Waals surface area contributed by atoms with Gasteiger partial charge in [-0.1, -0.05) is 59.1 Å². The molecular weight excluding hydrogens is 483 g/mol. The van der Waals surface area contributed by atoms with Gasteiger partial charge in [0.05, 0.1) is 28.3 Å². The van der Waals surface area contributed by atoms with Crippen molar-refractivity contribution >= 4 is 58.0 Å². The summed E-state index contributed by atoms with van der Waals surface area (Å²) in [6.07, 6.45) is 1.63. The van der Waals surface area contributed by atoms with Crippen LogP contribution in [0.3, 0.4) is 0 Å². The number of hydrogen-bond donors (Lipinski definition) is 1. The molecule has 0 aliphatic rings. The van der Waals surface area contributed by atoms with Crippen molar-refractivity contribution in [2.75, 3.05) is 18.5 Å². The van der Waals surface area contributed by atoms with Crippen LogP contribution in [0.15, 0.2) is 60.7 Å². The van der Waals surface area contributed by atoms with E-state index in [-0.39, 0.29) is 23.3 Å². The molecule has 0 spiro atoms. The number of halogens is 3. The third-order valence-electron chi connectivity index (χ3n) is 4.39. The molecule has 3 rings (SSSR count). The molecule has 168 valence electrons. The Morgan fingerprint density at radius 2 is 1.79 bits per heavy atom. The minimum atomic E-state index is -0.340. The summed E-state index contributed by atoms with van der Waals surface area (Å²) in [6.45, 7) is 1.91. The van der Waals surface area contributed by atoms with Crippen LogP contribution in [0, 0.1) is 11.3 Å². The number of nitrogens with zero attached hydrogens (tertiary/aromatic N) is 1. The van der Waals surface area contributed by atoms with E-state index in [1.165, 1.54) is 0 Å². The lowest BCUT2D eigenvalue weighted by Gasteiger charge is -2.15. The Morgan fingerprint density at radius 1 is 1.03 bits per heavy atom. The summed E-state index contributed by atoms with van der Waals surface area (Å²) in [5.41, 5.74) is 2.13. The first-order valence-corrected chi connectivity index (χ1v) is 11.1. The SMILES string of the molecule is CCOc1cc(/C=C(\C#N)c2ccc(Cl)cc2Cl)cc(Cl)c1OCC(=O)Nc1ccccc1. The standard InChI is InChI=1S/C25H19Cl3N2O3/c1-2-32-23-12-16(10-17(14-29)20-9-8-18(26)13-21(20)27)11-22(28)25(23)33-15-24(31)30-19-6-4-3-5-7-19/h3-13H,2,15H2,1H3,(H,30,31)/b17-10+. The molecule has 0 saturated heterocycles. The van der Waals surface area contributed by atoms with Crippen LogP contribution < -0.4 is 14.8 Å². The molecule has 0 radical (unpaired) electrons. The fourth-order valence-corrected chi connectivity index (χ4v) is 3.76. The van der Waals surface area contributed by atoms with E-state index in [2.05, 4.69) is 11.4 Å². The van der Waals surface area contributed by atoms with Gasteiger partial charge in [-0.3, -0.25) is 4.79 Å². The van der Waals surface area contributed by atoms with Gasteiger partial charge in [-0.05, 0) is 55.0 Å². The number of nitrogens with one attached hydrogen (secondary N) is 1. The maximum absolute atomic E-state index is 12.2. The van der Waals surface area contributed by atoms with Crippen LogP contribution >= 0.6 is 34.8 Å². The Bertz CT molecular complexity index is 1220. The molecule has 0 bridgehead atoms. The van der Waals surface area contributed by atoms with Crippen molar-refractivity contribution in [3.05, 3.63) is 86.9 Å². The number of ether oxygens (including phenoxy) is 2. The molecule has 0 atom stereocenters. The van der Waals surface area contributed by atoms with Gasteiger partial charge in [0.2, 0.25) is 0 Å². The number of allylic oxidation sites excluding steroid dienone is 1.